The normalized spacial score (nSPS) is 18.3. The van der Waals surface area contributed by atoms with Crippen LogP contribution < -0.4 is 0 Å². The van der Waals surface area contributed by atoms with Crippen LogP contribution in [0.1, 0.15) is 12.1 Å². The van der Waals surface area contributed by atoms with Crippen LogP contribution >= 0.6 is 35.7 Å². The third-order valence-corrected chi connectivity index (χ3v) is 5.25. The molecule has 0 aromatic carbocycles. The van der Waals surface area contributed by atoms with Crippen molar-refractivity contribution >= 4 is 58.0 Å². The van der Waals surface area contributed by atoms with Gasteiger partial charge >= 0.3 is 5.97 Å². The molecule has 1 atom stereocenters. The third kappa shape index (κ3) is 3.56. The molecule has 2 heterocycles. The number of nitrogens with zero attached hydrogens (tertiary/aromatic N) is 2. The van der Waals surface area contributed by atoms with Crippen LogP contribution in [0.25, 0.3) is 6.08 Å². The van der Waals surface area contributed by atoms with Crippen molar-refractivity contribution < 1.29 is 14.7 Å². The van der Waals surface area contributed by atoms with Gasteiger partial charge in [-0.3, -0.25) is 9.69 Å². The Morgan fingerprint density at radius 3 is 2.86 bits per heavy atom. The van der Waals surface area contributed by atoms with Gasteiger partial charge in [0.2, 0.25) is 0 Å². The number of thioether (sulfide) groups is 2. The lowest BCUT2D eigenvalue weighted by atomic mass is 10.2. The van der Waals surface area contributed by atoms with Gasteiger partial charge in [-0.2, -0.15) is 11.8 Å². The zero-order valence-electron chi connectivity index (χ0n) is 12.2. The van der Waals surface area contributed by atoms with Crippen LogP contribution in [-0.2, 0) is 16.6 Å². The Hall–Kier alpha value is -1.25. The molecule has 1 saturated heterocycles. The highest BCUT2D eigenvalue weighted by Gasteiger charge is 2.40. The van der Waals surface area contributed by atoms with Crippen molar-refractivity contribution in [3.05, 3.63) is 28.9 Å². The average molecular weight is 356 g/mol. The highest BCUT2D eigenvalue weighted by molar-refractivity contribution is 8.26. The van der Waals surface area contributed by atoms with Crippen molar-refractivity contribution in [1.82, 2.24) is 9.47 Å². The zero-order valence-corrected chi connectivity index (χ0v) is 14.6. The summed E-state index contributed by atoms with van der Waals surface area (Å²) in [6.07, 6.45) is 5.90. The third-order valence-electron chi connectivity index (χ3n) is 3.28. The zero-order chi connectivity index (χ0) is 16.3. The standard InChI is InChI=1S/C14H16N2O3S3/c1-15-6-3-4-9(15)8-11-12(17)16(14(20)22-11)10(13(18)19)5-7-21-2/h3-4,6,8,10H,5,7H2,1-2H3,(H,18,19)/b11-8-/t10-/m1/s1. The smallest absolute Gasteiger partial charge is 0.326 e. The molecule has 2 rings (SSSR count). The summed E-state index contributed by atoms with van der Waals surface area (Å²) in [4.78, 5) is 25.7. The minimum atomic E-state index is -1.02. The van der Waals surface area contributed by atoms with E-state index in [1.165, 1.54) is 4.90 Å². The molecule has 1 fully saturated rings. The number of hydrogen-bond donors (Lipinski definition) is 1. The molecule has 5 nitrogen and oxygen atoms in total. The van der Waals surface area contributed by atoms with Gasteiger partial charge in [0, 0.05) is 18.9 Å². The molecule has 22 heavy (non-hydrogen) atoms. The number of thiocarbonyl (C=S) groups is 1. The first kappa shape index (κ1) is 17.1. The molecule has 1 N–H and O–H groups in total. The van der Waals surface area contributed by atoms with E-state index >= 15 is 0 Å². The Labute approximate surface area is 142 Å². The summed E-state index contributed by atoms with van der Waals surface area (Å²) in [6.45, 7) is 0. The molecule has 118 valence electrons. The number of carbonyl (C=O) groups is 2. The molecule has 0 saturated carbocycles. The minimum absolute atomic E-state index is 0.305. The second-order valence-electron chi connectivity index (χ2n) is 4.73. The highest BCUT2D eigenvalue weighted by Crippen LogP contribution is 2.34. The van der Waals surface area contributed by atoms with Gasteiger partial charge in [-0.1, -0.05) is 24.0 Å². The van der Waals surface area contributed by atoms with Gasteiger partial charge in [-0.15, -0.1) is 0 Å². The molecule has 8 heteroatoms. The fourth-order valence-corrected chi connectivity index (χ4v) is 3.90. The summed E-state index contributed by atoms with van der Waals surface area (Å²) in [5, 5.41) is 9.39. The maximum absolute atomic E-state index is 12.5. The lowest BCUT2D eigenvalue weighted by Crippen LogP contribution is -2.44. The quantitative estimate of drug-likeness (QED) is 0.624. The number of rotatable bonds is 6. The molecule has 0 aliphatic carbocycles. The Morgan fingerprint density at radius 1 is 1.59 bits per heavy atom. The Morgan fingerprint density at radius 2 is 2.32 bits per heavy atom. The molecule has 0 unspecified atom stereocenters. The topological polar surface area (TPSA) is 62.5 Å². The largest absolute Gasteiger partial charge is 0.480 e. The first-order chi connectivity index (χ1) is 10.5. The van der Waals surface area contributed by atoms with Gasteiger partial charge in [-0.25, -0.2) is 4.79 Å². The first-order valence-electron chi connectivity index (χ1n) is 6.56. The predicted octanol–water partition coefficient (Wildman–Crippen LogP) is 2.43. The average Bonchev–Trinajstić information content (AvgIpc) is 2.97. The van der Waals surface area contributed by atoms with Crippen LogP contribution in [-0.4, -0.2) is 48.8 Å². The summed E-state index contributed by atoms with van der Waals surface area (Å²) in [7, 11) is 1.88. The highest BCUT2D eigenvalue weighted by atomic mass is 32.2. The van der Waals surface area contributed by atoms with E-state index in [-0.39, 0.29) is 5.91 Å². The van der Waals surface area contributed by atoms with Gasteiger partial charge < -0.3 is 9.67 Å². The molecular weight excluding hydrogens is 340 g/mol. The molecule has 1 aromatic heterocycles. The SMILES string of the molecule is CSCC[C@H](C(=O)O)N1C(=O)/C(=C/c2cccn2C)SC1=S. The van der Waals surface area contributed by atoms with Crippen molar-refractivity contribution in [2.45, 2.75) is 12.5 Å². The summed E-state index contributed by atoms with van der Waals surface area (Å²) in [6, 6.07) is 2.86. The number of aromatic nitrogens is 1. The van der Waals surface area contributed by atoms with Crippen molar-refractivity contribution in [2.75, 3.05) is 12.0 Å². The van der Waals surface area contributed by atoms with Gasteiger partial charge in [0.1, 0.15) is 10.4 Å². The van der Waals surface area contributed by atoms with E-state index in [1.807, 2.05) is 36.2 Å². The number of aryl methyl sites for hydroxylation is 1. The molecule has 1 aliphatic heterocycles. The van der Waals surface area contributed by atoms with E-state index in [9.17, 15) is 14.7 Å². The number of carbonyl (C=O) groups excluding carboxylic acids is 1. The van der Waals surface area contributed by atoms with E-state index in [0.717, 1.165) is 17.5 Å². The van der Waals surface area contributed by atoms with Gasteiger partial charge in [0.15, 0.2) is 0 Å². The van der Waals surface area contributed by atoms with Crippen molar-refractivity contribution in [3.8, 4) is 0 Å². The molecule has 1 amide bonds. The van der Waals surface area contributed by atoms with E-state index in [4.69, 9.17) is 12.2 Å². The van der Waals surface area contributed by atoms with Crippen LogP contribution in [0.3, 0.4) is 0 Å². The van der Waals surface area contributed by atoms with E-state index in [1.54, 1.807) is 17.8 Å². The number of carboxylic acids is 1. The van der Waals surface area contributed by atoms with Crippen LogP contribution in [0, 0.1) is 0 Å². The maximum atomic E-state index is 12.5. The molecule has 0 radical (unpaired) electrons. The van der Waals surface area contributed by atoms with E-state index in [0.29, 0.717) is 21.4 Å². The summed E-state index contributed by atoms with van der Waals surface area (Å²) < 4.78 is 2.19. The van der Waals surface area contributed by atoms with E-state index in [2.05, 4.69) is 0 Å². The molecule has 0 spiro atoms. The summed E-state index contributed by atoms with van der Waals surface area (Å²) in [5.74, 6) is -0.694. The predicted molar refractivity (Wildman–Crippen MR) is 94.8 cm³/mol. The molecule has 1 aromatic rings. The first-order valence-corrected chi connectivity index (χ1v) is 9.17. The van der Waals surface area contributed by atoms with Crippen molar-refractivity contribution in [1.29, 1.82) is 0 Å². The second-order valence-corrected chi connectivity index (χ2v) is 7.39. The van der Waals surface area contributed by atoms with E-state index < -0.39 is 12.0 Å². The molecular formula is C14H16N2O3S3. The van der Waals surface area contributed by atoms with Crippen molar-refractivity contribution in [3.63, 3.8) is 0 Å². The van der Waals surface area contributed by atoms with Crippen LogP contribution in [0.2, 0.25) is 0 Å². The van der Waals surface area contributed by atoms with Crippen molar-refractivity contribution in [2.24, 2.45) is 7.05 Å². The Kier molecular flexibility index (Phi) is 5.71. The summed E-state index contributed by atoms with van der Waals surface area (Å²) >= 11 is 7.92. The van der Waals surface area contributed by atoms with Crippen LogP contribution in [0.4, 0.5) is 0 Å². The lowest BCUT2D eigenvalue weighted by Gasteiger charge is -2.22. The molecule has 0 bridgehead atoms. The lowest BCUT2D eigenvalue weighted by molar-refractivity contribution is -0.145. The van der Waals surface area contributed by atoms with Crippen LogP contribution in [0.5, 0.6) is 0 Å². The Bertz CT molecular complexity index is 639. The maximum Gasteiger partial charge on any atom is 0.326 e. The van der Waals surface area contributed by atoms with Gasteiger partial charge in [-0.05, 0) is 36.6 Å². The number of hydrogen-bond acceptors (Lipinski definition) is 5. The minimum Gasteiger partial charge on any atom is -0.480 e. The van der Waals surface area contributed by atoms with Gasteiger partial charge in [0.25, 0.3) is 5.91 Å². The number of amides is 1. The Balaban J connectivity index is 2.26. The number of aliphatic carboxylic acids is 1. The van der Waals surface area contributed by atoms with Crippen LogP contribution in [0.15, 0.2) is 23.2 Å². The summed E-state index contributed by atoms with van der Waals surface area (Å²) in [5.41, 5.74) is 0.872. The second kappa shape index (κ2) is 7.34. The molecule has 1 aliphatic rings. The fraction of sp³-hybridized carbons (Fsp3) is 0.357. The fourth-order valence-electron chi connectivity index (χ4n) is 2.10. The number of carboxylic acid groups (broad SMARTS) is 1. The monoisotopic (exact) mass is 356 g/mol. The van der Waals surface area contributed by atoms with Gasteiger partial charge in [0.05, 0.1) is 4.91 Å².